The van der Waals surface area contributed by atoms with E-state index in [1.807, 2.05) is 36.4 Å². The van der Waals surface area contributed by atoms with Crippen molar-refractivity contribution in [3.63, 3.8) is 0 Å². The summed E-state index contributed by atoms with van der Waals surface area (Å²) in [4.78, 5) is 18.8. The minimum atomic E-state index is -0.961. The van der Waals surface area contributed by atoms with Gasteiger partial charge in [-0.05, 0) is 18.6 Å². The third-order valence-corrected chi connectivity index (χ3v) is 3.43. The molecule has 5 nitrogen and oxygen atoms in total. The molecule has 2 aromatic carbocycles. The van der Waals surface area contributed by atoms with Crippen LogP contribution in [0, 0.1) is 0 Å². The molecule has 3 rings (SSSR count). The number of carbonyl (C=O) groups is 1. The summed E-state index contributed by atoms with van der Waals surface area (Å²) in [6, 6.07) is 15.2. The number of hydrogen-bond acceptors (Lipinski definition) is 3. The number of H-pyrrole nitrogens is 1. The van der Waals surface area contributed by atoms with Crippen molar-refractivity contribution in [2.75, 3.05) is 0 Å². The maximum atomic E-state index is 11.0. The van der Waals surface area contributed by atoms with Gasteiger partial charge in [0.1, 0.15) is 11.6 Å². The van der Waals surface area contributed by atoms with E-state index in [0.717, 1.165) is 22.4 Å². The normalized spacial score (nSPS) is 12.2. The number of aromatic nitrogens is 2. The van der Waals surface area contributed by atoms with Gasteiger partial charge in [-0.3, -0.25) is 0 Å². The van der Waals surface area contributed by atoms with Gasteiger partial charge in [0, 0.05) is 11.6 Å². The first-order chi connectivity index (χ1) is 10.7. The highest BCUT2D eigenvalue weighted by Crippen LogP contribution is 2.24. The molecule has 1 unspecified atom stereocenters. The van der Waals surface area contributed by atoms with Crippen LogP contribution >= 0.6 is 0 Å². The van der Waals surface area contributed by atoms with Crippen molar-refractivity contribution < 1.29 is 14.6 Å². The molecule has 0 aliphatic rings. The van der Waals surface area contributed by atoms with E-state index in [1.165, 1.54) is 0 Å². The van der Waals surface area contributed by atoms with Crippen LogP contribution < -0.4 is 4.74 Å². The van der Waals surface area contributed by atoms with Crippen LogP contribution in [-0.4, -0.2) is 27.1 Å². The molecular weight excluding hydrogens is 280 g/mol. The molecule has 22 heavy (non-hydrogen) atoms. The first kappa shape index (κ1) is 14.1. The number of fused-ring (bicyclic) bond motifs is 1. The van der Waals surface area contributed by atoms with Crippen LogP contribution in [0.4, 0.5) is 0 Å². The van der Waals surface area contributed by atoms with E-state index in [1.54, 1.807) is 19.1 Å². The molecular formula is C17H16N2O3. The second kappa shape index (κ2) is 5.89. The van der Waals surface area contributed by atoms with Crippen LogP contribution in [0.15, 0.2) is 48.5 Å². The summed E-state index contributed by atoms with van der Waals surface area (Å²) in [5.74, 6) is 0.334. The van der Waals surface area contributed by atoms with Gasteiger partial charge in [-0.25, -0.2) is 9.78 Å². The number of carboxylic acid groups (broad SMARTS) is 1. The molecule has 3 aromatic rings. The largest absolute Gasteiger partial charge is 0.479 e. The maximum Gasteiger partial charge on any atom is 0.344 e. The van der Waals surface area contributed by atoms with E-state index < -0.39 is 12.1 Å². The Morgan fingerprint density at radius 1 is 1.27 bits per heavy atom. The molecule has 1 aromatic heterocycles. The zero-order chi connectivity index (χ0) is 15.5. The van der Waals surface area contributed by atoms with E-state index in [-0.39, 0.29) is 0 Å². The van der Waals surface area contributed by atoms with Gasteiger partial charge in [-0.15, -0.1) is 0 Å². The highest BCUT2D eigenvalue weighted by Gasteiger charge is 2.17. The van der Waals surface area contributed by atoms with Crippen LogP contribution in [0.2, 0.25) is 0 Å². The lowest BCUT2D eigenvalue weighted by atomic mass is 10.2. The molecule has 5 heteroatoms. The summed E-state index contributed by atoms with van der Waals surface area (Å²) in [6.45, 7) is 1.78. The van der Waals surface area contributed by atoms with E-state index in [0.29, 0.717) is 12.2 Å². The molecule has 0 fully saturated rings. The molecule has 1 atom stereocenters. The Bertz CT molecular complexity index is 796. The molecule has 0 aliphatic carbocycles. The monoisotopic (exact) mass is 296 g/mol. The third kappa shape index (κ3) is 2.79. The molecule has 0 bridgehead atoms. The Balaban J connectivity index is 1.92. The number of aromatic amines is 1. The SMILES string of the molecule is CCC(Oc1ccc2nc(-c3ccccc3)[nH]c2c1)C(=O)O. The molecule has 0 radical (unpaired) electrons. The van der Waals surface area contributed by atoms with Crippen molar-refractivity contribution in [2.45, 2.75) is 19.4 Å². The minimum Gasteiger partial charge on any atom is -0.479 e. The van der Waals surface area contributed by atoms with Gasteiger partial charge >= 0.3 is 5.97 Å². The average molecular weight is 296 g/mol. The minimum absolute atomic E-state index is 0.408. The highest BCUT2D eigenvalue weighted by molar-refractivity contribution is 5.81. The number of hydrogen-bond donors (Lipinski definition) is 2. The van der Waals surface area contributed by atoms with Gasteiger partial charge in [0.15, 0.2) is 6.10 Å². The second-order valence-corrected chi connectivity index (χ2v) is 4.98. The predicted molar refractivity (Wildman–Crippen MR) is 83.9 cm³/mol. The van der Waals surface area contributed by atoms with Crippen molar-refractivity contribution in [3.05, 3.63) is 48.5 Å². The summed E-state index contributed by atoms with van der Waals surface area (Å²) in [5.41, 5.74) is 2.63. The molecule has 0 spiro atoms. The summed E-state index contributed by atoms with van der Waals surface area (Å²) in [6.07, 6.45) is -0.431. The van der Waals surface area contributed by atoms with Crippen LogP contribution in [0.1, 0.15) is 13.3 Å². The van der Waals surface area contributed by atoms with Crippen molar-refractivity contribution in [1.82, 2.24) is 9.97 Å². The van der Waals surface area contributed by atoms with Gasteiger partial charge in [0.25, 0.3) is 0 Å². The Kier molecular flexibility index (Phi) is 3.78. The number of nitrogens with zero attached hydrogens (tertiary/aromatic N) is 1. The molecule has 1 heterocycles. The maximum absolute atomic E-state index is 11.0. The Hall–Kier alpha value is -2.82. The van der Waals surface area contributed by atoms with E-state index >= 15 is 0 Å². The van der Waals surface area contributed by atoms with Crippen molar-refractivity contribution in [1.29, 1.82) is 0 Å². The summed E-state index contributed by atoms with van der Waals surface area (Å²) in [7, 11) is 0. The number of carboxylic acids is 1. The fraction of sp³-hybridized carbons (Fsp3) is 0.176. The second-order valence-electron chi connectivity index (χ2n) is 4.98. The highest BCUT2D eigenvalue weighted by atomic mass is 16.5. The number of benzene rings is 2. The van der Waals surface area contributed by atoms with Gasteiger partial charge in [-0.2, -0.15) is 0 Å². The third-order valence-electron chi connectivity index (χ3n) is 3.43. The Morgan fingerprint density at radius 3 is 2.73 bits per heavy atom. The van der Waals surface area contributed by atoms with Crippen molar-refractivity contribution in [3.8, 4) is 17.1 Å². The first-order valence-corrected chi connectivity index (χ1v) is 7.12. The summed E-state index contributed by atoms with van der Waals surface area (Å²) >= 11 is 0. The molecule has 0 saturated carbocycles. The predicted octanol–water partition coefficient (Wildman–Crippen LogP) is 3.47. The number of aliphatic carboxylic acids is 1. The number of rotatable bonds is 5. The topological polar surface area (TPSA) is 75.2 Å². The smallest absolute Gasteiger partial charge is 0.344 e. The first-order valence-electron chi connectivity index (χ1n) is 7.12. The standard InChI is InChI=1S/C17H16N2O3/c1-2-15(17(20)21)22-12-8-9-13-14(10-12)19-16(18-13)11-6-4-3-5-7-11/h3-10,15H,2H2,1H3,(H,18,19)(H,20,21). The van der Waals surface area contributed by atoms with Crippen LogP contribution in [0.25, 0.3) is 22.4 Å². The summed E-state index contributed by atoms with van der Waals surface area (Å²) in [5, 5.41) is 9.06. The van der Waals surface area contributed by atoms with Crippen LogP contribution in [0.3, 0.4) is 0 Å². The van der Waals surface area contributed by atoms with Crippen molar-refractivity contribution in [2.24, 2.45) is 0 Å². The molecule has 0 saturated heterocycles. The molecule has 112 valence electrons. The van der Waals surface area contributed by atoms with E-state index in [9.17, 15) is 4.79 Å². The Labute approximate surface area is 127 Å². The van der Waals surface area contributed by atoms with E-state index in [4.69, 9.17) is 9.84 Å². The fourth-order valence-corrected chi connectivity index (χ4v) is 2.27. The lowest BCUT2D eigenvalue weighted by Gasteiger charge is -2.12. The van der Waals surface area contributed by atoms with Gasteiger partial charge in [0.05, 0.1) is 11.0 Å². The molecule has 0 aliphatic heterocycles. The van der Waals surface area contributed by atoms with E-state index in [2.05, 4.69) is 9.97 Å². The quantitative estimate of drug-likeness (QED) is 0.756. The van der Waals surface area contributed by atoms with Crippen LogP contribution in [-0.2, 0) is 4.79 Å². The lowest BCUT2D eigenvalue weighted by molar-refractivity contribution is -0.145. The van der Waals surface area contributed by atoms with Gasteiger partial charge in [-0.1, -0.05) is 37.3 Å². The Morgan fingerprint density at radius 2 is 2.05 bits per heavy atom. The summed E-state index contributed by atoms with van der Waals surface area (Å²) < 4.78 is 5.50. The lowest BCUT2D eigenvalue weighted by Crippen LogP contribution is -2.25. The zero-order valence-electron chi connectivity index (χ0n) is 12.1. The van der Waals surface area contributed by atoms with Crippen LogP contribution in [0.5, 0.6) is 5.75 Å². The number of imidazole rings is 1. The molecule has 2 N–H and O–H groups in total. The van der Waals surface area contributed by atoms with Gasteiger partial charge in [0.2, 0.25) is 0 Å². The zero-order valence-corrected chi connectivity index (χ0v) is 12.1. The number of nitrogens with one attached hydrogen (secondary N) is 1. The van der Waals surface area contributed by atoms with Gasteiger partial charge < -0.3 is 14.8 Å². The number of ether oxygens (including phenoxy) is 1. The molecule has 0 amide bonds. The fourth-order valence-electron chi connectivity index (χ4n) is 2.27. The average Bonchev–Trinajstić information content (AvgIpc) is 2.96. The van der Waals surface area contributed by atoms with Crippen molar-refractivity contribution >= 4 is 17.0 Å².